The molecule has 2 aliphatic heterocycles. The van der Waals surface area contributed by atoms with Crippen molar-refractivity contribution in [2.75, 3.05) is 26.2 Å². The summed E-state index contributed by atoms with van der Waals surface area (Å²) in [6, 6.07) is 6.18. The topological polar surface area (TPSA) is 62.4 Å². The number of aromatic amines is 1. The van der Waals surface area contributed by atoms with Gasteiger partial charge in [0.15, 0.2) is 0 Å². The van der Waals surface area contributed by atoms with E-state index in [0.717, 1.165) is 66.7 Å². The van der Waals surface area contributed by atoms with Crippen molar-refractivity contribution in [1.82, 2.24) is 20.4 Å². The van der Waals surface area contributed by atoms with E-state index in [9.17, 15) is 0 Å². The molecule has 6 rings (SSSR count). The molecule has 4 fully saturated rings. The molecule has 6 heteroatoms. The number of H-pyrrole nitrogens is 1. The van der Waals surface area contributed by atoms with Gasteiger partial charge in [-0.2, -0.15) is 5.10 Å². The number of benzene rings is 1. The molecule has 0 bridgehead atoms. The molecular weight excluding hydrogens is 436 g/mol. The van der Waals surface area contributed by atoms with Gasteiger partial charge in [0, 0.05) is 37.3 Å². The summed E-state index contributed by atoms with van der Waals surface area (Å²) < 4.78 is 12.7. The van der Waals surface area contributed by atoms with Gasteiger partial charge in [-0.25, -0.2) is 0 Å². The Balaban J connectivity index is 1.04. The van der Waals surface area contributed by atoms with Crippen molar-refractivity contribution in [3.05, 3.63) is 42.2 Å². The summed E-state index contributed by atoms with van der Waals surface area (Å²) in [4.78, 5) is 2.47. The Morgan fingerprint density at radius 1 is 1.09 bits per heavy atom. The summed E-state index contributed by atoms with van der Waals surface area (Å²) in [5.74, 6) is 0.910. The lowest BCUT2D eigenvalue weighted by molar-refractivity contribution is -0.0747. The average Bonchev–Trinajstić information content (AvgIpc) is 3.40. The van der Waals surface area contributed by atoms with Crippen molar-refractivity contribution in [1.29, 1.82) is 0 Å². The molecule has 4 aliphatic rings. The van der Waals surface area contributed by atoms with Crippen LogP contribution in [0.25, 0.3) is 16.5 Å². The van der Waals surface area contributed by atoms with Gasteiger partial charge in [-0.1, -0.05) is 6.58 Å². The molecule has 1 aromatic heterocycles. The third kappa shape index (κ3) is 4.88. The van der Waals surface area contributed by atoms with Gasteiger partial charge in [-0.15, -0.1) is 0 Å². The van der Waals surface area contributed by atoms with E-state index < -0.39 is 0 Å². The van der Waals surface area contributed by atoms with Crippen LogP contribution in [0.3, 0.4) is 0 Å². The molecule has 2 saturated heterocycles. The Morgan fingerprint density at radius 2 is 1.80 bits per heavy atom. The first-order valence-corrected chi connectivity index (χ1v) is 13.6. The molecule has 35 heavy (non-hydrogen) atoms. The Morgan fingerprint density at radius 3 is 2.46 bits per heavy atom. The summed E-state index contributed by atoms with van der Waals surface area (Å²) in [6.45, 7) is 13.2. The first kappa shape index (κ1) is 23.1. The maximum atomic E-state index is 6.55. The number of ether oxygens (including phenoxy) is 2. The summed E-state index contributed by atoms with van der Waals surface area (Å²) in [5, 5.41) is 12.3. The van der Waals surface area contributed by atoms with E-state index in [0.29, 0.717) is 17.6 Å². The van der Waals surface area contributed by atoms with Crippen molar-refractivity contribution < 1.29 is 9.47 Å². The molecule has 2 saturated carbocycles. The van der Waals surface area contributed by atoms with Gasteiger partial charge in [0.2, 0.25) is 0 Å². The second kappa shape index (κ2) is 8.97. The minimum absolute atomic E-state index is 0.00806. The van der Waals surface area contributed by atoms with E-state index in [2.05, 4.69) is 59.0 Å². The first-order chi connectivity index (χ1) is 16.9. The van der Waals surface area contributed by atoms with Crippen LogP contribution in [-0.4, -0.2) is 59.1 Å². The third-order valence-electron chi connectivity index (χ3n) is 8.86. The molecule has 2 N–H and O–H groups in total. The van der Waals surface area contributed by atoms with E-state index in [1.807, 2.05) is 6.07 Å². The second-order valence-electron chi connectivity index (χ2n) is 11.8. The van der Waals surface area contributed by atoms with Gasteiger partial charge in [0.05, 0.1) is 23.4 Å². The van der Waals surface area contributed by atoms with Gasteiger partial charge in [0.1, 0.15) is 11.4 Å². The van der Waals surface area contributed by atoms with E-state index in [1.54, 1.807) is 0 Å². The zero-order valence-corrected chi connectivity index (χ0v) is 21.4. The van der Waals surface area contributed by atoms with Crippen molar-refractivity contribution >= 4 is 16.5 Å². The van der Waals surface area contributed by atoms with Crippen LogP contribution in [0.2, 0.25) is 0 Å². The highest BCUT2D eigenvalue weighted by molar-refractivity contribution is 5.93. The van der Waals surface area contributed by atoms with Crippen molar-refractivity contribution in [3.63, 3.8) is 0 Å². The van der Waals surface area contributed by atoms with Crippen molar-refractivity contribution in [3.8, 4) is 5.75 Å². The van der Waals surface area contributed by atoms with Crippen LogP contribution in [0.4, 0.5) is 0 Å². The number of fused-ring (bicyclic) bond motifs is 1. The normalized spacial score (nSPS) is 24.5. The first-order valence-electron chi connectivity index (χ1n) is 13.6. The predicted octanol–water partition coefficient (Wildman–Crippen LogP) is 5.42. The van der Waals surface area contributed by atoms with Crippen LogP contribution in [0.1, 0.15) is 70.9 Å². The van der Waals surface area contributed by atoms with Crippen molar-refractivity contribution in [2.24, 2.45) is 5.41 Å². The molecule has 6 nitrogen and oxygen atoms in total. The highest BCUT2D eigenvalue weighted by Crippen LogP contribution is 2.41. The van der Waals surface area contributed by atoms with E-state index in [1.165, 1.54) is 44.5 Å². The third-order valence-corrected chi connectivity index (χ3v) is 8.86. The lowest BCUT2D eigenvalue weighted by Gasteiger charge is -2.48. The molecule has 1 spiro atoms. The number of nitrogens with zero attached hydrogens (tertiary/aromatic N) is 2. The minimum atomic E-state index is 0.00806. The molecule has 188 valence electrons. The monoisotopic (exact) mass is 476 g/mol. The summed E-state index contributed by atoms with van der Waals surface area (Å²) in [7, 11) is 0. The molecule has 3 heterocycles. The van der Waals surface area contributed by atoms with E-state index in [-0.39, 0.29) is 5.60 Å². The standard InChI is InChI=1S/C29H40N4O2/c1-20(27-25-17-24(35-28(3)12-13-28)4-5-26(25)31-32-27)16-21(2)33-14-8-23(9-15-33)34-22-6-10-29(11-7-22)18-30-19-29/h4-5,16-17,22-23,30H,1,6-15,18-19H2,2-3H3,(H,31,32)/b21-16+. The van der Waals surface area contributed by atoms with Crippen LogP contribution in [0, 0.1) is 5.41 Å². The maximum absolute atomic E-state index is 6.55. The number of hydrogen-bond donors (Lipinski definition) is 2. The maximum Gasteiger partial charge on any atom is 0.120 e. The molecule has 0 radical (unpaired) electrons. The predicted molar refractivity (Wildman–Crippen MR) is 140 cm³/mol. The van der Waals surface area contributed by atoms with Crippen LogP contribution < -0.4 is 10.1 Å². The fourth-order valence-electron chi connectivity index (χ4n) is 6.06. The Kier molecular flexibility index (Phi) is 5.92. The minimum Gasteiger partial charge on any atom is -0.488 e. The zero-order valence-electron chi connectivity index (χ0n) is 21.4. The fourth-order valence-corrected chi connectivity index (χ4v) is 6.06. The van der Waals surface area contributed by atoms with Gasteiger partial charge in [-0.3, -0.25) is 5.10 Å². The summed E-state index contributed by atoms with van der Waals surface area (Å²) >= 11 is 0. The van der Waals surface area contributed by atoms with Gasteiger partial charge in [0.25, 0.3) is 0 Å². The van der Waals surface area contributed by atoms with Crippen LogP contribution in [0.15, 0.2) is 36.6 Å². The molecule has 1 aromatic carbocycles. The number of likely N-dealkylation sites (tertiary alicyclic amines) is 1. The lowest BCUT2D eigenvalue weighted by Crippen LogP contribution is -2.55. The average molecular weight is 477 g/mol. The Labute approximate surface area is 209 Å². The molecule has 0 atom stereocenters. The highest BCUT2D eigenvalue weighted by Gasteiger charge is 2.41. The Hall–Kier alpha value is -2.31. The SMILES string of the molecule is C=C(/C=C(\C)N1CCC(OC2CCC3(CC2)CNC3)CC1)c1n[nH]c2ccc(OC3(C)CC3)cc12. The molecule has 0 unspecified atom stereocenters. The summed E-state index contributed by atoms with van der Waals surface area (Å²) in [6.07, 6.45) is 12.7. The number of rotatable bonds is 7. The fraction of sp³-hybridized carbons (Fsp3) is 0.621. The van der Waals surface area contributed by atoms with E-state index >= 15 is 0 Å². The number of piperidine rings is 1. The molecular formula is C29H40N4O2. The second-order valence-corrected chi connectivity index (χ2v) is 11.8. The van der Waals surface area contributed by atoms with E-state index in [4.69, 9.17) is 9.47 Å². The van der Waals surface area contributed by atoms with Crippen molar-refractivity contribution in [2.45, 2.75) is 83.0 Å². The molecule has 2 aromatic rings. The number of aromatic nitrogens is 2. The molecule has 0 amide bonds. The van der Waals surface area contributed by atoms with Crippen LogP contribution >= 0.6 is 0 Å². The largest absolute Gasteiger partial charge is 0.488 e. The van der Waals surface area contributed by atoms with Crippen LogP contribution in [-0.2, 0) is 4.74 Å². The van der Waals surface area contributed by atoms with Gasteiger partial charge in [-0.05, 0) is 100 Å². The van der Waals surface area contributed by atoms with Gasteiger partial charge < -0.3 is 19.7 Å². The smallest absolute Gasteiger partial charge is 0.120 e. The highest BCUT2D eigenvalue weighted by atomic mass is 16.5. The number of allylic oxidation sites excluding steroid dienone is 3. The number of hydrogen-bond acceptors (Lipinski definition) is 5. The Bertz CT molecular complexity index is 1110. The van der Waals surface area contributed by atoms with Gasteiger partial charge >= 0.3 is 0 Å². The van der Waals surface area contributed by atoms with Crippen LogP contribution in [0.5, 0.6) is 5.75 Å². The quantitative estimate of drug-likeness (QED) is 0.522. The number of nitrogens with one attached hydrogen (secondary N) is 2. The lowest BCUT2D eigenvalue weighted by atomic mass is 9.69. The molecule has 2 aliphatic carbocycles. The summed E-state index contributed by atoms with van der Waals surface area (Å²) in [5.41, 5.74) is 4.72. The zero-order chi connectivity index (χ0) is 24.0.